The molecule has 1 aromatic rings. The van der Waals surface area contributed by atoms with Gasteiger partial charge in [-0.3, -0.25) is 0 Å². The van der Waals surface area contributed by atoms with E-state index in [1.54, 1.807) is 18.9 Å². The molecule has 2 rings (SSSR count). The van der Waals surface area contributed by atoms with Gasteiger partial charge in [-0.15, -0.1) is 11.8 Å². The predicted molar refractivity (Wildman–Crippen MR) is 72.3 cm³/mol. The standard InChI is InChI=1S/C13H19NO2S/c1-8-5-6-10(16-4)12-13(8)17-11(7-15)9(2)14(12)3/h5-6,9,11,15H,7H2,1-4H3. The van der Waals surface area contributed by atoms with Crippen LogP contribution in [-0.2, 0) is 0 Å². The number of benzene rings is 1. The van der Waals surface area contributed by atoms with E-state index in [2.05, 4.69) is 31.9 Å². The van der Waals surface area contributed by atoms with E-state index in [-0.39, 0.29) is 11.9 Å². The number of aryl methyl sites for hydroxylation is 1. The van der Waals surface area contributed by atoms with Crippen LogP contribution in [0.1, 0.15) is 12.5 Å². The Labute approximate surface area is 107 Å². The lowest BCUT2D eigenvalue weighted by molar-refractivity contribution is 0.282. The highest BCUT2D eigenvalue weighted by Crippen LogP contribution is 2.47. The molecule has 0 fully saturated rings. The first-order valence-corrected chi connectivity index (χ1v) is 6.66. The molecule has 0 bridgehead atoms. The highest BCUT2D eigenvalue weighted by Gasteiger charge is 2.32. The number of methoxy groups -OCH3 is 1. The quantitative estimate of drug-likeness (QED) is 0.876. The summed E-state index contributed by atoms with van der Waals surface area (Å²) in [6.07, 6.45) is 0. The third-order valence-corrected chi connectivity index (χ3v) is 5.06. The Kier molecular flexibility index (Phi) is 3.54. The zero-order valence-corrected chi connectivity index (χ0v) is 11.5. The van der Waals surface area contributed by atoms with Crippen LogP contribution in [0, 0.1) is 6.92 Å². The van der Waals surface area contributed by atoms with Crippen LogP contribution >= 0.6 is 11.8 Å². The van der Waals surface area contributed by atoms with Crippen molar-refractivity contribution >= 4 is 17.4 Å². The zero-order chi connectivity index (χ0) is 12.6. The fourth-order valence-electron chi connectivity index (χ4n) is 2.19. The molecule has 0 aromatic heterocycles. The highest BCUT2D eigenvalue weighted by atomic mass is 32.2. The van der Waals surface area contributed by atoms with Crippen molar-refractivity contribution in [3.8, 4) is 5.75 Å². The SMILES string of the molecule is COc1ccc(C)c2c1N(C)C(C)C(CO)S2. The smallest absolute Gasteiger partial charge is 0.143 e. The molecule has 0 radical (unpaired) electrons. The number of anilines is 1. The topological polar surface area (TPSA) is 32.7 Å². The fraction of sp³-hybridized carbons (Fsp3) is 0.538. The van der Waals surface area contributed by atoms with Gasteiger partial charge in [0.1, 0.15) is 5.75 Å². The van der Waals surface area contributed by atoms with Gasteiger partial charge < -0.3 is 14.7 Å². The molecule has 1 aromatic carbocycles. The lowest BCUT2D eigenvalue weighted by Crippen LogP contribution is -2.42. The Balaban J connectivity index is 2.54. The Hall–Kier alpha value is -0.870. The molecule has 0 amide bonds. The van der Waals surface area contributed by atoms with Crippen molar-refractivity contribution in [1.82, 2.24) is 0 Å². The molecule has 0 aliphatic carbocycles. The van der Waals surface area contributed by atoms with Crippen LogP contribution < -0.4 is 9.64 Å². The van der Waals surface area contributed by atoms with Crippen LogP contribution in [0.15, 0.2) is 17.0 Å². The highest BCUT2D eigenvalue weighted by molar-refractivity contribution is 8.00. The van der Waals surface area contributed by atoms with Crippen molar-refractivity contribution < 1.29 is 9.84 Å². The minimum Gasteiger partial charge on any atom is -0.495 e. The minimum atomic E-state index is 0.201. The largest absolute Gasteiger partial charge is 0.495 e. The van der Waals surface area contributed by atoms with Crippen LogP contribution in [0.25, 0.3) is 0 Å². The summed E-state index contributed by atoms with van der Waals surface area (Å²) in [5.74, 6) is 0.906. The van der Waals surface area contributed by atoms with E-state index in [1.807, 2.05) is 6.07 Å². The average molecular weight is 253 g/mol. The molecule has 1 aliphatic rings. The number of aliphatic hydroxyl groups excluding tert-OH is 1. The molecule has 0 saturated carbocycles. The van der Waals surface area contributed by atoms with Crippen molar-refractivity contribution in [3.05, 3.63) is 17.7 Å². The third-order valence-electron chi connectivity index (χ3n) is 3.46. The molecule has 1 heterocycles. The van der Waals surface area contributed by atoms with Gasteiger partial charge in [-0.1, -0.05) is 6.07 Å². The zero-order valence-electron chi connectivity index (χ0n) is 10.7. The normalized spacial score (nSPS) is 23.5. The van der Waals surface area contributed by atoms with Crippen LogP contribution in [0.2, 0.25) is 0 Å². The van der Waals surface area contributed by atoms with Gasteiger partial charge >= 0.3 is 0 Å². The van der Waals surface area contributed by atoms with Gasteiger partial charge in [-0.2, -0.15) is 0 Å². The molecule has 0 spiro atoms. The summed E-state index contributed by atoms with van der Waals surface area (Å²) in [6.45, 7) is 4.44. The Bertz CT molecular complexity index is 422. The number of hydrogen-bond donors (Lipinski definition) is 1. The molecule has 17 heavy (non-hydrogen) atoms. The number of hydrogen-bond acceptors (Lipinski definition) is 4. The first-order chi connectivity index (χ1) is 8.10. The Morgan fingerprint density at radius 3 is 2.76 bits per heavy atom. The summed E-state index contributed by atoms with van der Waals surface area (Å²) < 4.78 is 5.44. The molecular weight excluding hydrogens is 234 g/mol. The molecular formula is C13H19NO2S. The molecule has 2 unspecified atom stereocenters. The summed E-state index contributed by atoms with van der Waals surface area (Å²) in [6, 6.07) is 4.38. The first kappa shape index (κ1) is 12.6. The van der Waals surface area contributed by atoms with E-state index in [1.165, 1.54) is 10.5 Å². The Morgan fingerprint density at radius 1 is 1.47 bits per heavy atom. The van der Waals surface area contributed by atoms with Crippen LogP contribution in [-0.4, -0.2) is 37.2 Å². The second-order valence-corrected chi connectivity index (χ2v) is 5.70. The van der Waals surface area contributed by atoms with Crippen LogP contribution in [0.3, 0.4) is 0 Å². The molecule has 3 nitrogen and oxygen atoms in total. The van der Waals surface area contributed by atoms with E-state index in [9.17, 15) is 5.11 Å². The van der Waals surface area contributed by atoms with Crippen molar-refractivity contribution in [2.75, 3.05) is 25.7 Å². The maximum atomic E-state index is 9.44. The molecule has 4 heteroatoms. The van der Waals surface area contributed by atoms with Crippen molar-refractivity contribution in [1.29, 1.82) is 0 Å². The summed E-state index contributed by atoms with van der Waals surface area (Å²) in [7, 11) is 3.76. The third kappa shape index (κ3) is 2.00. The number of rotatable bonds is 2. The van der Waals surface area contributed by atoms with E-state index in [0.29, 0.717) is 6.04 Å². The number of nitrogens with zero attached hydrogens (tertiary/aromatic N) is 1. The van der Waals surface area contributed by atoms with Crippen LogP contribution in [0.4, 0.5) is 5.69 Å². The second-order valence-electron chi connectivity index (χ2n) is 4.45. The predicted octanol–water partition coefficient (Wildman–Crippen LogP) is 2.29. The van der Waals surface area contributed by atoms with Gasteiger partial charge in [0.2, 0.25) is 0 Å². The summed E-state index contributed by atoms with van der Waals surface area (Å²) in [5, 5.41) is 9.66. The minimum absolute atomic E-state index is 0.201. The molecule has 94 valence electrons. The second kappa shape index (κ2) is 4.78. The van der Waals surface area contributed by atoms with Gasteiger partial charge in [0.25, 0.3) is 0 Å². The first-order valence-electron chi connectivity index (χ1n) is 5.78. The van der Waals surface area contributed by atoms with Gasteiger partial charge in [-0.25, -0.2) is 0 Å². The van der Waals surface area contributed by atoms with Crippen LogP contribution in [0.5, 0.6) is 5.75 Å². The van der Waals surface area contributed by atoms with E-state index < -0.39 is 0 Å². The molecule has 2 atom stereocenters. The van der Waals surface area contributed by atoms with Crippen molar-refractivity contribution in [3.63, 3.8) is 0 Å². The summed E-state index contributed by atoms with van der Waals surface area (Å²) >= 11 is 1.75. The van der Waals surface area contributed by atoms with Crippen molar-refractivity contribution in [2.45, 2.75) is 30.0 Å². The lowest BCUT2D eigenvalue weighted by atomic mass is 10.1. The maximum absolute atomic E-state index is 9.44. The summed E-state index contributed by atoms with van der Waals surface area (Å²) in [5.41, 5.74) is 2.39. The van der Waals surface area contributed by atoms with Gasteiger partial charge in [0.15, 0.2) is 0 Å². The molecule has 1 N–H and O–H groups in total. The van der Waals surface area contributed by atoms with E-state index in [4.69, 9.17) is 4.74 Å². The van der Waals surface area contributed by atoms with E-state index in [0.717, 1.165) is 11.4 Å². The lowest BCUT2D eigenvalue weighted by Gasteiger charge is -2.39. The molecule has 0 saturated heterocycles. The van der Waals surface area contributed by atoms with Crippen molar-refractivity contribution in [2.24, 2.45) is 0 Å². The summed E-state index contributed by atoms with van der Waals surface area (Å²) in [4.78, 5) is 3.43. The monoisotopic (exact) mass is 253 g/mol. The number of ether oxygens (including phenoxy) is 1. The van der Waals surface area contributed by atoms with E-state index >= 15 is 0 Å². The number of aliphatic hydroxyl groups is 1. The molecule has 1 aliphatic heterocycles. The fourth-order valence-corrected chi connectivity index (χ4v) is 3.56. The maximum Gasteiger partial charge on any atom is 0.143 e. The number of thioether (sulfide) groups is 1. The average Bonchev–Trinajstić information content (AvgIpc) is 2.34. The number of fused-ring (bicyclic) bond motifs is 1. The van der Waals surface area contributed by atoms with Gasteiger partial charge in [0.05, 0.1) is 24.7 Å². The Morgan fingerprint density at radius 2 is 2.18 bits per heavy atom. The van der Waals surface area contributed by atoms with Gasteiger partial charge in [0, 0.05) is 18.0 Å². The van der Waals surface area contributed by atoms with Gasteiger partial charge in [-0.05, 0) is 25.5 Å².